The lowest BCUT2D eigenvalue weighted by Crippen LogP contribution is -2.19. The van der Waals surface area contributed by atoms with Gasteiger partial charge in [0.15, 0.2) is 5.82 Å². The summed E-state index contributed by atoms with van der Waals surface area (Å²) in [4.78, 5) is 11.9. The van der Waals surface area contributed by atoms with E-state index in [-0.39, 0.29) is 12.5 Å². The summed E-state index contributed by atoms with van der Waals surface area (Å²) in [6, 6.07) is 9.11. The van der Waals surface area contributed by atoms with Gasteiger partial charge in [0, 0.05) is 6.07 Å². The molecule has 0 bridgehead atoms. The normalized spacial score (nSPS) is 10.8. The van der Waals surface area contributed by atoms with E-state index in [4.69, 9.17) is 4.52 Å². The van der Waals surface area contributed by atoms with Gasteiger partial charge in [-0.1, -0.05) is 22.5 Å². The average molecular weight is 257 g/mol. The van der Waals surface area contributed by atoms with E-state index in [9.17, 15) is 4.79 Å². The van der Waals surface area contributed by atoms with E-state index in [1.807, 2.05) is 24.3 Å². The fraction of sp³-hybridized carbons (Fsp3) is 0.167. The quantitative estimate of drug-likeness (QED) is 0.765. The van der Waals surface area contributed by atoms with Gasteiger partial charge < -0.3 is 9.84 Å². The second kappa shape index (κ2) is 4.52. The highest BCUT2D eigenvalue weighted by molar-refractivity contribution is 5.90. The predicted molar refractivity (Wildman–Crippen MR) is 67.4 cm³/mol. The molecule has 2 heterocycles. The molecule has 96 valence electrons. The number of aryl methyl sites for hydroxylation is 1. The molecule has 0 atom stereocenters. The number of nitrogens with zero attached hydrogens (tertiary/aromatic N) is 4. The van der Waals surface area contributed by atoms with E-state index >= 15 is 0 Å². The lowest BCUT2D eigenvalue weighted by atomic mass is 10.3. The number of fused-ring (bicyclic) bond motifs is 1. The maximum atomic E-state index is 11.9. The number of carbonyl (C=O) groups is 1. The zero-order chi connectivity index (χ0) is 13.2. The van der Waals surface area contributed by atoms with Crippen LogP contribution in [-0.4, -0.2) is 26.1 Å². The smallest absolute Gasteiger partial charge is 0.247 e. The van der Waals surface area contributed by atoms with Crippen molar-refractivity contribution in [1.29, 1.82) is 0 Å². The van der Waals surface area contributed by atoms with Crippen LogP contribution in [0.1, 0.15) is 5.76 Å². The molecular weight excluding hydrogens is 246 g/mol. The van der Waals surface area contributed by atoms with Gasteiger partial charge >= 0.3 is 0 Å². The number of rotatable bonds is 3. The van der Waals surface area contributed by atoms with Crippen LogP contribution in [0.3, 0.4) is 0 Å². The van der Waals surface area contributed by atoms with E-state index in [0.29, 0.717) is 11.6 Å². The molecule has 7 nitrogen and oxygen atoms in total. The van der Waals surface area contributed by atoms with Gasteiger partial charge in [-0.2, -0.15) is 0 Å². The zero-order valence-corrected chi connectivity index (χ0v) is 10.2. The Bertz CT molecular complexity index is 730. The van der Waals surface area contributed by atoms with Crippen LogP contribution in [0.15, 0.2) is 34.9 Å². The van der Waals surface area contributed by atoms with Gasteiger partial charge in [-0.3, -0.25) is 4.79 Å². The van der Waals surface area contributed by atoms with Crippen LogP contribution in [0, 0.1) is 6.92 Å². The molecule has 1 N–H and O–H groups in total. The predicted octanol–water partition coefficient (Wildman–Crippen LogP) is 1.37. The van der Waals surface area contributed by atoms with Crippen LogP contribution in [0.4, 0.5) is 5.82 Å². The summed E-state index contributed by atoms with van der Waals surface area (Å²) in [7, 11) is 0. The topological polar surface area (TPSA) is 85.8 Å². The number of nitrogens with one attached hydrogen (secondary N) is 1. The molecule has 0 fully saturated rings. The molecule has 0 saturated carbocycles. The Balaban J connectivity index is 1.76. The van der Waals surface area contributed by atoms with Crippen LogP contribution in [0.25, 0.3) is 11.0 Å². The van der Waals surface area contributed by atoms with Crippen LogP contribution in [0.2, 0.25) is 0 Å². The highest BCUT2D eigenvalue weighted by atomic mass is 16.5. The van der Waals surface area contributed by atoms with E-state index < -0.39 is 0 Å². The Kier molecular flexibility index (Phi) is 2.71. The van der Waals surface area contributed by atoms with Crippen molar-refractivity contribution in [1.82, 2.24) is 20.2 Å². The Morgan fingerprint density at radius 1 is 1.42 bits per heavy atom. The molecule has 0 spiro atoms. The molecule has 7 heteroatoms. The Morgan fingerprint density at radius 3 is 3.05 bits per heavy atom. The number of benzene rings is 1. The lowest BCUT2D eigenvalue weighted by molar-refractivity contribution is -0.116. The van der Waals surface area contributed by atoms with Crippen molar-refractivity contribution in [2.45, 2.75) is 13.5 Å². The minimum absolute atomic E-state index is 0.0758. The Hall–Kier alpha value is -2.70. The van der Waals surface area contributed by atoms with Crippen LogP contribution >= 0.6 is 0 Å². The number of anilines is 1. The summed E-state index contributed by atoms with van der Waals surface area (Å²) in [6.07, 6.45) is 0. The molecule has 3 rings (SSSR count). The fourth-order valence-corrected chi connectivity index (χ4v) is 1.78. The first kappa shape index (κ1) is 11.4. The minimum Gasteiger partial charge on any atom is -0.360 e. The van der Waals surface area contributed by atoms with E-state index in [2.05, 4.69) is 20.8 Å². The first-order valence-corrected chi connectivity index (χ1v) is 5.74. The first-order chi connectivity index (χ1) is 9.22. The molecule has 0 aliphatic heterocycles. The average Bonchev–Trinajstić information content (AvgIpc) is 2.97. The van der Waals surface area contributed by atoms with Crippen molar-refractivity contribution >= 4 is 22.8 Å². The number of amides is 1. The molecule has 0 aliphatic carbocycles. The van der Waals surface area contributed by atoms with Gasteiger partial charge in [0.2, 0.25) is 5.91 Å². The second-order valence-corrected chi connectivity index (χ2v) is 4.11. The Morgan fingerprint density at radius 2 is 2.26 bits per heavy atom. The van der Waals surface area contributed by atoms with Gasteiger partial charge in [-0.05, 0) is 19.1 Å². The monoisotopic (exact) mass is 257 g/mol. The van der Waals surface area contributed by atoms with Gasteiger partial charge in [0.05, 0.1) is 5.52 Å². The third-order valence-electron chi connectivity index (χ3n) is 2.61. The highest BCUT2D eigenvalue weighted by Gasteiger charge is 2.10. The molecule has 0 saturated heterocycles. The van der Waals surface area contributed by atoms with E-state index in [1.165, 1.54) is 4.68 Å². The van der Waals surface area contributed by atoms with Crippen molar-refractivity contribution < 1.29 is 9.32 Å². The number of para-hydroxylation sites is 1. The summed E-state index contributed by atoms with van der Waals surface area (Å²) < 4.78 is 6.41. The molecule has 0 aliphatic rings. The number of carbonyl (C=O) groups excluding carboxylic acids is 1. The van der Waals surface area contributed by atoms with Gasteiger partial charge in [-0.25, -0.2) is 4.68 Å². The van der Waals surface area contributed by atoms with Crippen LogP contribution < -0.4 is 5.32 Å². The second-order valence-electron chi connectivity index (χ2n) is 4.11. The molecular formula is C12H11N5O2. The third kappa shape index (κ3) is 2.30. The standard InChI is InChI=1S/C12H11N5O2/c1-8-6-11(15-19-8)13-12(18)7-17-10-5-3-2-4-9(10)14-16-17/h2-6H,7H2,1H3,(H,13,15,18). The minimum atomic E-state index is -0.232. The lowest BCUT2D eigenvalue weighted by Gasteiger charge is -2.01. The van der Waals surface area contributed by atoms with Crippen molar-refractivity contribution in [2.24, 2.45) is 0 Å². The SMILES string of the molecule is Cc1cc(NC(=O)Cn2nnc3ccccc32)no1. The molecule has 3 aromatic rings. The highest BCUT2D eigenvalue weighted by Crippen LogP contribution is 2.10. The maximum Gasteiger partial charge on any atom is 0.247 e. The summed E-state index contributed by atoms with van der Waals surface area (Å²) >= 11 is 0. The van der Waals surface area contributed by atoms with E-state index in [0.717, 1.165) is 11.0 Å². The number of hydrogen-bond acceptors (Lipinski definition) is 5. The molecule has 0 radical (unpaired) electrons. The molecule has 2 aromatic heterocycles. The van der Waals surface area contributed by atoms with Gasteiger partial charge in [0.25, 0.3) is 0 Å². The first-order valence-electron chi connectivity index (χ1n) is 5.74. The summed E-state index contributed by atoms with van der Waals surface area (Å²) in [5.41, 5.74) is 1.57. The number of hydrogen-bond donors (Lipinski definition) is 1. The van der Waals surface area contributed by atoms with Crippen molar-refractivity contribution in [3.05, 3.63) is 36.1 Å². The van der Waals surface area contributed by atoms with Crippen molar-refractivity contribution in [3.8, 4) is 0 Å². The van der Waals surface area contributed by atoms with Gasteiger partial charge in [0.1, 0.15) is 17.8 Å². The number of aromatic nitrogens is 4. The summed E-state index contributed by atoms with van der Waals surface area (Å²) in [5, 5.41) is 14.3. The molecule has 19 heavy (non-hydrogen) atoms. The largest absolute Gasteiger partial charge is 0.360 e. The van der Waals surface area contributed by atoms with Crippen LogP contribution in [0.5, 0.6) is 0 Å². The zero-order valence-electron chi connectivity index (χ0n) is 10.2. The Labute approximate surface area is 108 Å². The summed E-state index contributed by atoms with van der Waals surface area (Å²) in [6.45, 7) is 1.83. The van der Waals surface area contributed by atoms with Gasteiger partial charge in [-0.15, -0.1) is 5.10 Å². The van der Waals surface area contributed by atoms with Crippen molar-refractivity contribution in [3.63, 3.8) is 0 Å². The fourth-order valence-electron chi connectivity index (χ4n) is 1.78. The molecule has 0 unspecified atom stereocenters. The summed E-state index contributed by atoms with van der Waals surface area (Å²) in [5.74, 6) is 0.803. The third-order valence-corrected chi connectivity index (χ3v) is 2.61. The van der Waals surface area contributed by atoms with Crippen LogP contribution in [-0.2, 0) is 11.3 Å². The molecule has 1 aromatic carbocycles. The molecule has 1 amide bonds. The maximum absolute atomic E-state index is 11.9. The van der Waals surface area contributed by atoms with E-state index in [1.54, 1.807) is 13.0 Å². The van der Waals surface area contributed by atoms with Crippen molar-refractivity contribution in [2.75, 3.05) is 5.32 Å².